The second kappa shape index (κ2) is 11.6. The predicted molar refractivity (Wildman–Crippen MR) is 145 cm³/mol. The first-order valence-electron chi connectivity index (χ1n) is 11.9. The topological polar surface area (TPSA) is 95.5 Å². The smallest absolute Gasteiger partial charge is 0.418 e. The number of carboxylic acids is 1. The van der Waals surface area contributed by atoms with Gasteiger partial charge in [-0.05, 0) is 54.3 Å². The number of halogens is 3. The molecule has 3 N–H and O–H groups in total. The monoisotopic (exact) mass is 552 g/mol. The Hall–Kier alpha value is -4.31. The number of aromatic carboxylic acids is 1. The number of amides is 2. The minimum Gasteiger partial charge on any atom is -0.478 e. The number of para-hydroxylation sites is 1. The highest BCUT2D eigenvalue weighted by atomic mass is 32.2. The van der Waals surface area contributed by atoms with Crippen molar-refractivity contribution in [2.45, 2.75) is 29.7 Å². The normalized spacial score (nSPS) is 12.1. The van der Waals surface area contributed by atoms with Crippen LogP contribution in [0.2, 0.25) is 0 Å². The summed E-state index contributed by atoms with van der Waals surface area (Å²) in [5, 5.41) is 15.0. The lowest BCUT2D eigenvalue weighted by Crippen LogP contribution is -2.26. The number of fused-ring (bicyclic) bond motifs is 1. The number of thioether (sulfide) groups is 1. The van der Waals surface area contributed by atoms with Crippen LogP contribution in [-0.4, -0.2) is 28.1 Å². The number of carbonyl (C=O) groups is 3. The Balaban J connectivity index is 1.52. The Labute approximate surface area is 226 Å². The summed E-state index contributed by atoms with van der Waals surface area (Å²) in [5.41, 5.74) is -0.634. The molecule has 2 amide bonds. The second-order valence-electron chi connectivity index (χ2n) is 8.54. The first-order chi connectivity index (χ1) is 18.6. The van der Waals surface area contributed by atoms with E-state index in [-0.39, 0.29) is 16.8 Å². The number of anilines is 2. The van der Waals surface area contributed by atoms with E-state index in [0.717, 1.165) is 17.8 Å². The van der Waals surface area contributed by atoms with Crippen molar-refractivity contribution in [2.75, 3.05) is 10.6 Å². The molecule has 0 spiro atoms. The van der Waals surface area contributed by atoms with Crippen LogP contribution in [0.5, 0.6) is 0 Å². The zero-order valence-electron chi connectivity index (χ0n) is 20.6. The zero-order valence-corrected chi connectivity index (χ0v) is 21.4. The number of rotatable bonds is 8. The molecule has 0 aliphatic rings. The minimum absolute atomic E-state index is 0.00597. The van der Waals surface area contributed by atoms with Gasteiger partial charge in [-0.15, -0.1) is 11.8 Å². The van der Waals surface area contributed by atoms with Gasteiger partial charge in [0, 0.05) is 21.5 Å². The summed E-state index contributed by atoms with van der Waals surface area (Å²) in [5.74, 6) is -2.24. The maximum atomic E-state index is 13.3. The van der Waals surface area contributed by atoms with Crippen molar-refractivity contribution in [3.8, 4) is 0 Å². The highest BCUT2D eigenvalue weighted by molar-refractivity contribution is 8.00. The van der Waals surface area contributed by atoms with Gasteiger partial charge in [-0.1, -0.05) is 49.4 Å². The van der Waals surface area contributed by atoms with Crippen LogP contribution in [0.1, 0.15) is 39.6 Å². The van der Waals surface area contributed by atoms with Crippen LogP contribution < -0.4 is 10.6 Å². The van der Waals surface area contributed by atoms with E-state index in [4.69, 9.17) is 0 Å². The summed E-state index contributed by atoms with van der Waals surface area (Å²) < 4.78 is 40.0. The molecular formula is C29H23F3N2O4S. The van der Waals surface area contributed by atoms with E-state index < -0.39 is 34.8 Å². The number of carboxylic acid groups (broad SMARTS) is 1. The average molecular weight is 553 g/mol. The van der Waals surface area contributed by atoms with Gasteiger partial charge in [0.2, 0.25) is 5.91 Å². The third-order valence-corrected chi connectivity index (χ3v) is 7.26. The van der Waals surface area contributed by atoms with Gasteiger partial charge in [-0.2, -0.15) is 13.2 Å². The van der Waals surface area contributed by atoms with Crippen molar-refractivity contribution in [1.29, 1.82) is 0 Å². The van der Waals surface area contributed by atoms with Gasteiger partial charge in [-0.3, -0.25) is 9.59 Å². The standard InChI is InChI=1S/C29H23F3N2O4S/c1-2-24(27(36)34-23-15-4-3-14-22(23)29(30,31)32)39-19-11-7-10-18(16-19)33-26(35)20-12-5-8-17-9-6-13-21(25(17)20)28(37)38/h3-16,24H,2H2,1H3,(H,33,35)(H,34,36)(H,37,38). The molecule has 39 heavy (non-hydrogen) atoms. The SMILES string of the molecule is CCC(Sc1cccc(NC(=O)c2cccc3cccc(C(=O)O)c23)c1)C(=O)Nc1ccccc1C(F)(F)F. The maximum absolute atomic E-state index is 13.3. The molecule has 0 bridgehead atoms. The third-order valence-electron chi connectivity index (χ3n) is 5.90. The molecule has 0 aliphatic carbocycles. The third kappa shape index (κ3) is 6.40. The minimum atomic E-state index is -4.61. The van der Waals surface area contributed by atoms with E-state index in [2.05, 4.69) is 10.6 Å². The summed E-state index contributed by atoms with van der Waals surface area (Å²) in [7, 11) is 0. The first-order valence-corrected chi connectivity index (χ1v) is 12.8. The lowest BCUT2D eigenvalue weighted by Gasteiger charge is -2.18. The molecule has 0 fully saturated rings. The molecule has 0 saturated carbocycles. The van der Waals surface area contributed by atoms with Crippen molar-refractivity contribution in [3.05, 3.63) is 102 Å². The highest BCUT2D eigenvalue weighted by Gasteiger charge is 2.34. The van der Waals surface area contributed by atoms with Gasteiger partial charge in [0.15, 0.2) is 0 Å². The Bertz CT molecular complexity index is 1550. The number of benzene rings is 4. The molecular weight excluding hydrogens is 529 g/mol. The predicted octanol–water partition coefficient (Wildman–Crippen LogP) is 7.32. The molecule has 6 nitrogen and oxygen atoms in total. The maximum Gasteiger partial charge on any atom is 0.418 e. The van der Waals surface area contributed by atoms with Crippen LogP contribution in [0.15, 0.2) is 89.8 Å². The molecule has 4 rings (SSSR count). The van der Waals surface area contributed by atoms with E-state index in [9.17, 15) is 32.7 Å². The number of carbonyl (C=O) groups excluding carboxylic acids is 2. The molecule has 200 valence electrons. The fourth-order valence-electron chi connectivity index (χ4n) is 4.09. The lowest BCUT2D eigenvalue weighted by molar-refractivity contribution is -0.137. The van der Waals surface area contributed by atoms with Crippen molar-refractivity contribution in [1.82, 2.24) is 0 Å². The molecule has 0 saturated heterocycles. The molecule has 0 aromatic heterocycles. The molecule has 4 aromatic carbocycles. The van der Waals surface area contributed by atoms with Gasteiger partial charge in [-0.25, -0.2) is 4.79 Å². The quantitative estimate of drug-likeness (QED) is 0.199. The molecule has 0 radical (unpaired) electrons. The van der Waals surface area contributed by atoms with Crippen molar-refractivity contribution in [2.24, 2.45) is 0 Å². The van der Waals surface area contributed by atoms with Gasteiger partial charge < -0.3 is 15.7 Å². The number of alkyl halides is 3. The Morgan fingerprint density at radius 1 is 0.872 bits per heavy atom. The number of hydrogen-bond acceptors (Lipinski definition) is 4. The highest BCUT2D eigenvalue weighted by Crippen LogP contribution is 2.35. The van der Waals surface area contributed by atoms with E-state index in [1.54, 1.807) is 61.5 Å². The van der Waals surface area contributed by atoms with E-state index in [1.807, 2.05) is 0 Å². The van der Waals surface area contributed by atoms with E-state index >= 15 is 0 Å². The molecule has 1 unspecified atom stereocenters. The Morgan fingerprint density at radius 2 is 1.54 bits per heavy atom. The molecule has 4 aromatic rings. The van der Waals surface area contributed by atoms with Crippen LogP contribution in [0.25, 0.3) is 10.8 Å². The van der Waals surface area contributed by atoms with Gasteiger partial charge in [0.05, 0.1) is 22.1 Å². The summed E-state index contributed by atoms with van der Waals surface area (Å²) in [4.78, 5) is 38.4. The summed E-state index contributed by atoms with van der Waals surface area (Å²) in [6.07, 6.45) is -4.27. The van der Waals surface area contributed by atoms with E-state index in [0.29, 0.717) is 27.8 Å². The van der Waals surface area contributed by atoms with Crippen LogP contribution in [0.3, 0.4) is 0 Å². The first kappa shape index (κ1) is 27.7. The van der Waals surface area contributed by atoms with Crippen LogP contribution in [0, 0.1) is 0 Å². The molecule has 0 aliphatic heterocycles. The van der Waals surface area contributed by atoms with Gasteiger partial charge in [0.1, 0.15) is 0 Å². The zero-order chi connectivity index (χ0) is 28.2. The number of nitrogens with one attached hydrogen (secondary N) is 2. The van der Waals surface area contributed by atoms with Crippen LogP contribution in [-0.2, 0) is 11.0 Å². The second-order valence-corrected chi connectivity index (χ2v) is 9.82. The summed E-state index contributed by atoms with van der Waals surface area (Å²) in [6.45, 7) is 1.75. The van der Waals surface area contributed by atoms with Crippen molar-refractivity contribution >= 4 is 51.7 Å². The molecule has 10 heteroatoms. The van der Waals surface area contributed by atoms with Crippen LogP contribution >= 0.6 is 11.8 Å². The number of hydrogen-bond donors (Lipinski definition) is 3. The molecule has 0 heterocycles. The Morgan fingerprint density at radius 3 is 2.21 bits per heavy atom. The fraction of sp³-hybridized carbons (Fsp3) is 0.138. The van der Waals surface area contributed by atoms with Gasteiger partial charge in [0.25, 0.3) is 5.91 Å². The van der Waals surface area contributed by atoms with Crippen molar-refractivity contribution in [3.63, 3.8) is 0 Å². The van der Waals surface area contributed by atoms with Crippen LogP contribution in [0.4, 0.5) is 24.5 Å². The molecule has 1 atom stereocenters. The van der Waals surface area contributed by atoms with Crippen molar-refractivity contribution < 1.29 is 32.7 Å². The Kier molecular flexibility index (Phi) is 8.25. The summed E-state index contributed by atoms with van der Waals surface area (Å²) >= 11 is 1.15. The fourth-order valence-corrected chi connectivity index (χ4v) is 5.11. The summed E-state index contributed by atoms with van der Waals surface area (Å²) in [6, 6.07) is 21.2. The average Bonchev–Trinajstić information content (AvgIpc) is 2.90. The largest absolute Gasteiger partial charge is 0.478 e. The van der Waals surface area contributed by atoms with E-state index in [1.165, 1.54) is 24.3 Å². The lowest BCUT2D eigenvalue weighted by atomic mass is 9.98. The van der Waals surface area contributed by atoms with Gasteiger partial charge >= 0.3 is 12.1 Å².